The first-order chi connectivity index (χ1) is 12.8. The predicted octanol–water partition coefficient (Wildman–Crippen LogP) is 4.79. The maximum atomic E-state index is 12.8. The summed E-state index contributed by atoms with van der Waals surface area (Å²) in [5.41, 5.74) is 0. The molecule has 0 aromatic rings. The summed E-state index contributed by atoms with van der Waals surface area (Å²) in [6, 6.07) is 0. The fraction of sp³-hybridized carbons (Fsp3) is 0.957. The minimum Gasteiger partial charge on any atom is -0.438 e. The van der Waals surface area contributed by atoms with Crippen LogP contribution in [0.15, 0.2) is 0 Å². The van der Waals surface area contributed by atoms with E-state index in [4.69, 9.17) is 9.47 Å². The van der Waals surface area contributed by atoms with Gasteiger partial charge >= 0.3 is 5.97 Å². The fourth-order valence-corrected chi connectivity index (χ4v) is 8.94. The Balaban J connectivity index is 1.03. The molecule has 7 rings (SSSR count). The van der Waals surface area contributed by atoms with Crippen molar-refractivity contribution in [3.63, 3.8) is 0 Å². The average Bonchev–Trinajstić information content (AvgIpc) is 3.23. The first-order valence-electron chi connectivity index (χ1n) is 11.5. The van der Waals surface area contributed by atoms with Crippen molar-refractivity contribution < 1.29 is 14.3 Å². The smallest absolute Gasteiger partial charge is 0.311 e. The molecule has 3 heteroatoms. The lowest BCUT2D eigenvalue weighted by Gasteiger charge is -2.53. The summed E-state index contributed by atoms with van der Waals surface area (Å²) in [7, 11) is 0. The van der Waals surface area contributed by atoms with Gasteiger partial charge in [-0.2, -0.15) is 0 Å². The second-order valence-corrected chi connectivity index (χ2v) is 10.8. The van der Waals surface area contributed by atoms with E-state index in [0.29, 0.717) is 12.0 Å². The molecular formula is C23H34O3. The van der Waals surface area contributed by atoms with E-state index >= 15 is 0 Å². The summed E-state index contributed by atoms with van der Waals surface area (Å²) in [6.07, 6.45) is 15.3. The highest BCUT2D eigenvalue weighted by atomic mass is 16.7. The number of rotatable bonds is 4. The number of carbonyl (C=O) groups excluding carboxylic acids is 1. The lowest BCUT2D eigenvalue weighted by molar-refractivity contribution is -0.191. The summed E-state index contributed by atoms with van der Waals surface area (Å²) < 4.78 is 11.9. The number of esters is 1. The van der Waals surface area contributed by atoms with Crippen molar-refractivity contribution in [1.82, 2.24) is 0 Å². The van der Waals surface area contributed by atoms with Gasteiger partial charge < -0.3 is 9.47 Å². The number of carbonyl (C=O) groups is 1. The lowest BCUT2D eigenvalue weighted by atomic mass is 9.55. The van der Waals surface area contributed by atoms with Gasteiger partial charge in [-0.05, 0) is 105 Å². The van der Waals surface area contributed by atoms with Crippen molar-refractivity contribution in [1.29, 1.82) is 0 Å². The summed E-state index contributed by atoms with van der Waals surface area (Å²) in [6.45, 7) is 0.216. The molecule has 7 fully saturated rings. The third-order valence-electron chi connectivity index (χ3n) is 9.58. The van der Waals surface area contributed by atoms with E-state index in [9.17, 15) is 4.79 Å². The van der Waals surface area contributed by atoms with Crippen LogP contribution in [0.3, 0.4) is 0 Å². The first kappa shape index (κ1) is 16.4. The maximum Gasteiger partial charge on any atom is 0.311 e. The van der Waals surface area contributed by atoms with Gasteiger partial charge in [0.15, 0.2) is 6.79 Å². The quantitative estimate of drug-likeness (QED) is 0.535. The maximum absolute atomic E-state index is 12.8. The summed E-state index contributed by atoms with van der Waals surface area (Å²) >= 11 is 0. The van der Waals surface area contributed by atoms with Crippen LogP contribution < -0.4 is 0 Å². The molecule has 0 amide bonds. The Kier molecular flexibility index (Phi) is 3.92. The number of fused-ring (bicyclic) bond motifs is 5. The molecule has 7 aliphatic carbocycles. The second-order valence-electron chi connectivity index (χ2n) is 10.8. The number of hydrogen-bond acceptors (Lipinski definition) is 3. The van der Waals surface area contributed by atoms with E-state index in [0.717, 1.165) is 47.8 Å². The van der Waals surface area contributed by atoms with Crippen LogP contribution in [0.5, 0.6) is 0 Å². The molecule has 5 atom stereocenters. The molecule has 5 unspecified atom stereocenters. The molecule has 0 aromatic heterocycles. The van der Waals surface area contributed by atoms with Crippen LogP contribution >= 0.6 is 0 Å². The average molecular weight is 359 g/mol. The van der Waals surface area contributed by atoms with Gasteiger partial charge in [0.1, 0.15) is 0 Å². The molecule has 0 aromatic carbocycles. The van der Waals surface area contributed by atoms with E-state index in [1.165, 1.54) is 64.2 Å². The van der Waals surface area contributed by atoms with Crippen molar-refractivity contribution in [2.24, 2.45) is 53.3 Å². The molecule has 7 saturated carbocycles. The van der Waals surface area contributed by atoms with Crippen LogP contribution in [0.2, 0.25) is 0 Å². The van der Waals surface area contributed by atoms with Crippen LogP contribution in [0.25, 0.3) is 0 Å². The Labute approximate surface area is 157 Å². The SMILES string of the molecule is O=C(OCOC1C2CC3CC(C2)CC1C3)C1CC2CC1C1CCCCC21. The highest BCUT2D eigenvalue weighted by molar-refractivity contribution is 5.73. The Morgan fingerprint density at radius 2 is 1.42 bits per heavy atom. The zero-order chi connectivity index (χ0) is 17.3. The Morgan fingerprint density at radius 1 is 0.731 bits per heavy atom. The molecule has 0 heterocycles. The largest absolute Gasteiger partial charge is 0.438 e. The van der Waals surface area contributed by atoms with Gasteiger partial charge in [-0.1, -0.05) is 12.8 Å². The molecule has 26 heavy (non-hydrogen) atoms. The normalized spacial score (nSPS) is 53.7. The third-order valence-corrected chi connectivity index (χ3v) is 9.58. The van der Waals surface area contributed by atoms with E-state index < -0.39 is 0 Å². The molecule has 6 bridgehead atoms. The summed E-state index contributed by atoms with van der Waals surface area (Å²) in [5, 5.41) is 0. The van der Waals surface area contributed by atoms with Crippen LogP contribution in [0.4, 0.5) is 0 Å². The van der Waals surface area contributed by atoms with Gasteiger partial charge in [-0.15, -0.1) is 0 Å². The summed E-state index contributed by atoms with van der Waals surface area (Å²) in [5.74, 6) is 6.87. The molecule has 144 valence electrons. The predicted molar refractivity (Wildman–Crippen MR) is 98.0 cm³/mol. The third kappa shape index (κ3) is 2.52. The Bertz CT molecular complexity index is 544. The van der Waals surface area contributed by atoms with E-state index in [2.05, 4.69) is 0 Å². The van der Waals surface area contributed by atoms with Gasteiger partial charge in [0, 0.05) is 0 Å². The van der Waals surface area contributed by atoms with Gasteiger partial charge in [-0.25, -0.2) is 0 Å². The second kappa shape index (κ2) is 6.22. The highest BCUT2D eigenvalue weighted by Crippen LogP contribution is 2.60. The fourth-order valence-electron chi connectivity index (χ4n) is 8.94. The highest BCUT2D eigenvalue weighted by Gasteiger charge is 2.55. The van der Waals surface area contributed by atoms with Crippen LogP contribution in [0, 0.1) is 53.3 Å². The van der Waals surface area contributed by atoms with E-state index in [1.54, 1.807) is 0 Å². The van der Waals surface area contributed by atoms with Crippen LogP contribution in [0.1, 0.15) is 70.6 Å². The van der Waals surface area contributed by atoms with Crippen molar-refractivity contribution in [2.75, 3.05) is 6.79 Å². The van der Waals surface area contributed by atoms with Gasteiger partial charge in [0.05, 0.1) is 12.0 Å². The van der Waals surface area contributed by atoms with Gasteiger partial charge in [0.2, 0.25) is 0 Å². The minimum atomic E-state index is 0.0605. The monoisotopic (exact) mass is 358 g/mol. The molecule has 0 aliphatic heterocycles. The lowest BCUT2D eigenvalue weighted by Crippen LogP contribution is -2.49. The van der Waals surface area contributed by atoms with Crippen molar-refractivity contribution in [2.45, 2.75) is 76.7 Å². The van der Waals surface area contributed by atoms with Crippen molar-refractivity contribution in [3.05, 3.63) is 0 Å². The first-order valence-corrected chi connectivity index (χ1v) is 11.5. The van der Waals surface area contributed by atoms with E-state index in [-0.39, 0.29) is 18.7 Å². The molecule has 0 N–H and O–H groups in total. The standard InChI is InChI=1S/C23H34O3/c24-23(21-11-15-10-20(21)19-4-2-1-3-18(15)19)26-12-25-22-16-6-13-5-14(8-16)9-17(22)7-13/h13-22H,1-12H2. The Morgan fingerprint density at radius 3 is 2.15 bits per heavy atom. The Hall–Kier alpha value is -0.570. The van der Waals surface area contributed by atoms with Crippen LogP contribution in [-0.4, -0.2) is 18.9 Å². The van der Waals surface area contributed by atoms with Crippen LogP contribution in [-0.2, 0) is 14.3 Å². The molecule has 0 saturated heterocycles. The number of ether oxygens (including phenoxy) is 2. The van der Waals surface area contributed by atoms with Gasteiger partial charge in [-0.3, -0.25) is 4.79 Å². The summed E-state index contributed by atoms with van der Waals surface area (Å²) in [4.78, 5) is 12.8. The zero-order valence-corrected chi connectivity index (χ0v) is 16.0. The zero-order valence-electron chi connectivity index (χ0n) is 16.0. The van der Waals surface area contributed by atoms with Gasteiger partial charge in [0.25, 0.3) is 0 Å². The molecule has 3 nitrogen and oxygen atoms in total. The molecule has 0 spiro atoms. The van der Waals surface area contributed by atoms with Crippen molar-refractivity contribution >= 4 is 5.97 Å². The number of hydrogen-bond donors (Lipinski definition) is 0. The molecule has 7 aliphatic rings. The topological polar surface area (TPSA) is 35.5 Å². The molecular weight excluding hydrogens is 324 g/mol. The molecule has 0 radical (unpaired) electrons. The van der Waals surface area contributed by atoms with E-state index in [1.807, 2.05) is 0 Å². The van der Waals surface area contributed by atoms with Crippen molar-refractivity contribution in [3.8, 4) is 0 Å². The minimum absolute atomic E-state index is 0.0605.